The van der Waals surface area contributed by atoms with E-state index in [2.05, 4.69) is 13.8 Å². The Morgan fingerprint density at radius 3 is 2.67 bits per heavy atom. The van der Waals surface area contributed by atoms with Gasteiger partial charge in [-0.2, -0.15) is 0 Å². The van der Waals surface area contributed by atoms with Crippen molar-refractivity contribution in [1.82, 2.24) is 0 Å². The van der Waals surface area contributed by atoms with Crippen molar-refractivity contribution in [3.63, 3.8) is 0 Å². The average Bonchev–Trinajstić information content (AvgIpc) is 2.14. The molecule has 0 aromatic heterocycles. The van der Waals surface area contributed by atoms with E-state index in [-0.39, 0.29) is 0 Å². The number of hydrogen-bond acceptors (Lipinski definition) is 2. The molecule has 15 heavy (non-hydrogen) atoms. The lowest BCUT2D eigenvalue weighted by atomic mass is 9.68. The van der Waals surface area contributed by atoms with Crippen molar-refractivity contribution in [2.75, 3.05) is 6.61 Å². The maximum atomic E-state index is 5.96. The summed E-state index contributed by atoms with van der Waals surface area (Å²) < 4.78 is 5.96. The molecular weight excluding hydrogens is 186 g/mol. The Bertz CT molecular complexity index is 211. The smallest absolute Gasteiger partial charge is 0.0685 e. The van der Waals surface area contributed by atoms with Crippen LogP contribution in [0.2, 0.25) is 0 Å². The van der Waals surface area contributed by atoms with Crippen LogP contribution in [0.15, 0.2) is 0 Å². The van der Waals surface area contributed by atoms with E-state index in [1.165, 1.54) is 38.5 Å². The van der Waals surface area contributed by atoms with Gasteiger partial charge in [-0.3, -0.25) is 0 Å². The Kier molecular flexibility index (Phi) is 3.36. The Morgan fingerprint density at radius 2 is 2.13 bits per heavy atom. The van der Waals surface area contributed by atoms with Crippen molar-refractivity contribution in [3.8, 4) is 0 Å². The van der Waals surface area contributed by atoms with E-state index in [1.807, 2.05) is 0 Å². The van der Waals surface area contributed by atoms with Crippen LogP contribution in [0.1, 0.15) is 52.4 Å². The van der Waals surface area contributed by atoms with E-state index in [0.717, 1.165) is 18.4 Å². The average molecular weight is 211 g/mol. The van der Waals surface area contributed by atoms with Crippen molar-refractivity contribution in [3.05, 3.63) is 0 Å². The molecule has 2 aliphatic rings. The zero-order valence-electron chi connectivity index (χ0n) is 10.2. The van der Waals surface area contributed by atoms with Crippen LogP contribution >= 0.6 is 0 Å². The first-order valence-electron chi connectivity index (χ1n) is 6.51. The third kappa shape index (κ3) is 2.54. The molecule has 0 bridgehead atoms. The summed E-state index contributed by atoms with van der Waals surface area (Å²) in [6, 6.07) is 0.347. The van der Waals surface area contributed by atoms with E-state index in [9.17, 15) is 0 Å². The van der Waals surface area contributed by atoms with Crippen LogP contribution in [-0.2, 0) is 4.74 Å². The van der Waals surface area contributed by atoms with Gasteiger partial charge in [-0.1, -0.05) is 6.92 Å². The van der Waals surface area contributed by atoms with Gasteiger partial charge in [-0.15, -0.1) is 0 Å². The second-order valence-corrected chi connectivity index (χ2v) is 5.83. The van der Waals surface area contributed by atoms with Gasteiger partial charge in [-0.05, 0) is 57.3 Å². The lowest BCUT2D eigenvalue weighted by Gasteiger charge is -2.48. The summed E-state index contributed by atoms with van der Waals surface area (Å²) in [4.78, 5) is 0. The first-order chi connectivity index (χ1) is 7.11. The topological polar surface area (TPSA) is 35.2 Å². The third-order valence-corrected chi connectivity index (χ3v) is 4.34. The minimum atomic E-state index is 0.301. The fourth-order valence-corrected chi connectivity index (χ4v) is 3.25. The van der Waals surface area contributed by atoms with Crippen molar-refractivity contribution < 1.29 is 4.74 Å². The van der Waals surface area contributed by atoms with Crippen molar-refractivity contribution in [1.29, 1.82) is 0 Å². The number of ether oxygens (including phenoxy) is 1. The predicted octanol–water partition coefficient (Wildman–Crippen LogP) is 2.71. The molecule has 1 aliphatic carbocycles. The monoisotopic (exact) mass is 211 g/mol. The van der Waals surface area contributed by atoms with Gasteiger partial charge in [0, 0.05) is 12.6 Å². The molecule has 2 heteroatoms. The lowest BCUT2D eigenvalue weighted by molar-refractivity contribution is -0.149. The molecule has 3 unspecified atom stereocenters. The van der Waals surface area contributed by atoms with Crippen LogP contribution in [0, 0.1) is 11.8 Å². The summed E-state index contributed by atoms with van der Waals surface area (Å²) in [5.74, 6) is 1.62. The zero-order chi connectivity index (χ0) is 10.9. The summed E-state index contributed by atoms with van der Waals surface area (Å²) in [5.41, 5.74) is 6.18. The van der Waals surface area contributed by atoms with Crippen LogP contribution in [-0.4, -0.2) is 18.2 Å². The summed E-state index contributed by atoms with van der Waals surface area (Å²) in [6.07, 6.45) is 7.68. The van der Waals surface area contributed by atoms with Gasteiger partial charge in [0.25, 0.3) is 0 Å². The highest BCUT2D eigenvalue weighted by Crippen LogP contribution is 2.46. The Hall–Kier alpha value is -0.0800. The molecule has 3 atom stereocenters. The molecule has 1 spiro atoms. The van der Waals surface area contributed by atoms with Gasteiger partial charge < -0.3 is 10.5 Å². The fourth-order valence-electron chi connectivity index (χ4n) is 3.25. The third-order valence-electron chi connectivity index (χ3n) is 4.34. The van der Waals surface area contributed by atoms with Crippen molar-refractivity contribution in [2.24, 2.45) is 17.6 Å². The molecule has 2 rings (SSSR count). The summed E-state index contributed by atoms with van der Waals surface area (Å²) in [6.45, 7) is 5.47. The van der Waals surface area contributed by atoms with Crippen LogP contribution in [0.5, 0.6) is 0 Å². The number of rotatable bonds is 3. The minimum Gasteiger partial charge on any atom is -0.375 e. The predicted molar refractivity (Wildman–Crippen MR) is 62.7 cm³/mol. The maximum Gasteiger partial charge on any atom is 0.0685 e. The molecule has 2 nitrogen and oxygen atoms in total. The molecule has 1 heterocycles. The Labute approximate surface area is 93.6 Å². The van der Waals surface area contributed by atoms with Gasteiger partial charge in [0.1, 0.15) is 0 Å². The van der Waals surface area contributed by atoms with Gasteiger partial charge in [0.15, 0.2) is 0 Å². The molecule has 2 N–H and O–H groups in total. The van der Waals surface area contributed by atoms with E-state index in [4.69, 9.17) is 10.5 Å². The molecule has 0 aromatic rings. The van der Waals surface area contributed by atoms with E-state index in [1.54, 1.807) is 0 Å². The molecule has 0 aromatic carbocycles. The molecule has 1 aliphatic heterocycles. The van der Waals surface area contributed by atoms with Crippen LogP contribution in [0.3, 0.4) is 0 Å². The summed E-state index contributed by atoms with van der Waals surface area (Å²) in [7, 11) is 0. The molecule has 0 radical (unpaired) electrons. The lowest BCUT2D eigenvalue weighted by Crippen LogP contribution is -2.46. The second-order valence-electron chi connectivity index (χ2n) is 5.83. The van der Waals surface area contributed by atoms with Crippen LogP contribution in [0.25, 0.3) is 0 Å². The largest absolute Gasteiger partial charge is 0.375 e. The summed E-state index contributed by atoms with van der Waals surface area (Å²) in [5, 5.41) is 0. The minimum absolute atomic E-state index is 0.301. The van der Waals surface area contributed by atoms with E-state index >= 15 is 0 Å². The van der Waals surface area contributed by atoms with Gasteiger partial charge in [0.05, 0.1) is 5.60 Å². The SMILES string of the molecule is CC(N)CC(C)C1CCOC2(CCC2)C1. The highest BCUT2D eigenvalue weighted by Gasteiger charge is 2.43. The molecule has 1 saturated carbocycles. The molecular formula is C13H25NO. The molecule has 88 valence electrons. The normalized spacial score (nSPS) is 33.4. The first kappa shape index (κ1) is 11.4. The summed E-state index contributed by atoms with van der Waals surface area (Å²) >= 11 is 0. The van der Waals surface area contributed by atoms with Crippen molar-refractivity contribution in [2.45, 2.75) is 64.0 Å². The first-order valence-corrected chi connectivity index (χ1v) is 6.51. The quantitative estimate of drug-likeness (QED) is 0.779. The van der Waals surface area contributed by atoms with Gasteiger partial charge in [0.2, 0.25) is 0 Å². The van der Waals surface area contributed by atoms with E-state index in [0.29, 0.717) is 11.6 Å². The fraction of sp³-hybridized carbons (Fsp3) is 1.00. The molecule has 0 amide bonds. The van der Waals surface area contributed by atoms with Crippen LogP contribution < -0.4 is 5.73 Å². The highest BCUT2D eigenvalue weighted by molar-refractivity contribution is 4.95. The highest BCUT2D eigenvalue weighted by atomic mass is 16.5. The van der Waals surface area contributed by atoms with Crippen molar-refractivity contribution >= 4 is 0 Å². The number of nitrogens with two attached hydrogens (primary N) is 1. The molecule has 1 saturated heterocycles. The second kappa shape index (κ2) is 4.42. The van der Waals surface area contributed by atoms with Gasteiger partial charge >= 0.3 is 0 Å². The Morgan fingerprint density at radius 1 is 1.40 bits per heavy atom. The van der Waals surface area contributed by atoms with Gasteiger partial charge in [-0.25, -0.2) is 0 Å². The maximum absolute atomic E-state index is 5.96. The zero-order valence-corrected chi connectivity index (χ0v) is 10.2. The van der Waals surface area contributed by atoms with E-state index < -0.39 is 0 Å². The Balaban J connectivity index is 1.86. The van der Waals surface area contributed by atoms with Crippen LogP contribution in [0.4, 0.5) is 0 Å². The number of hydrogen-bond donors (Lipinski definition) is 1. The standard InChI is InChI=1S/C13H25NO/c1-10(8-11(2)14)12-4-7-15-13(9-12)5-3-6-13/h10-12H,3-9,14H2,1-2H3. The molecule has 2 fully saturated rings.